The van der Waals surface area contributed by atoms with Gasteiger partial charge in [0.2, 0.25) is 0 Å². The van der Waals surface area contributed by atoms with Gasteiger partial charge in [-0.2, -0.15) is 5.10 Å². The Balaban J connectivity index is 2.21. The number of rotatable bonds is 6. The number of aromatic nitrogens is 4. The first-order chi connectivity index (χ1) is 9.58. The molecule has 0 aromatic carbocycles. The van der Waals surface area contributed by atoms with Crippen LogP contribution in [0.3, 0.4) is 0 Å². The first-order valence-electron chi connectivity index (χ1n) is 6.85. The predicted octanol–water partition coefficient (Wildman–Crippen LogP) is 2.79. The van der Waals surface area contributed by atoms with Crippen molar-refractivity contribution in [2.24, 2.45) is 12.8 Å². The van der Waals surface area contributed by atoms with Gasteiger partial charge in [0, 0.05) is 19.5 Å². The molecule has 0 amide bonds. The van der Waals surface area contributed by atoms with E-state index >= 15 is 0 Å². The van der Waals surface area contributed by atoms with Crippen molar-refractivity contribution < 1.29 is 0 Å². The molecular formula is C13H20BrN5S. The highest BCUT2D eigenvalue weighted by Crippen LogP contribution is 2.28. The maximum atomic E-state index is 6.36. The average Bonchev–Trinajstić information content (AvgIpc) is 2.98. The van der Waals surface area contributed by atoms with Gasteiger partial charge in [0.15, 0.2) is 0 Å². The fraction of sp³-hybridized carbons (Fsp3) is 0.615. The molecule has 1 atom stereocenters. The van der Waals surface area contributed by atoms with Crippen LogP contribution in [-0.4, -0.2) is 19.4 Å². The van der Waals surface area contributed by atoms with Crippen LogP contribution < -0.4 is 5.73 Å². The maximum Gasteiger partial charge on any atom is 0.0803 e. The van der Waals surface area contributed by atoms with Gasteiger partial charge in [-0.25, -0.2) is 0 Å². The van der Waals surface area contributed by atoms with E-state index in [1.54, 1.807) is 0 Å². The average molecular weight is 358 g/mol. The molecule has 2 aromatic rings. The van der Waals surface area contributed by atoms with Gasteiger partial charge in [-0.05, 0) is 40.3 Å². The molecule has 0 aliphatic rings. The monoisotopic (exact) mass is 357 g/mol. The molecule has 7 heteroatoms. The lowest BCUT2D eigenvalue weighted by atomic mass is 10.1. The molecule has 2 aromatic heterocycles. The summed E-state index contributed by atoms with van der Waals surface area (Å²) in [5, 5.41) is 8.70. The zero-order valence-corrected chi connectivity index (χ0v) is 14.5. The Morgan fingerprint density at radius 3 is 2.70 bits per heavy atom. The largest absolute Gasteiger partial charge is 0.323 e. The molecule has 2 rings (SSSR count). The van der Waals surface area contributed by atoms with Crippen LogP contribution in [0.15, 0.2) is 4.47 Å². The summed E-state index contributed by atoms with van der Waals surface area (Å²) >= 11 is 5.05. The van der Waals surface area contributed by atoms with Gasteiger partial charge in [0.25, 0.3) is 0 Å². The second-order valence-electron chi connectivity index (χ2n) is 4.83. The van der Waals surface area contributed by atoms with Crippen LogP contribution in [-0.2, 0) is 26.3 Å². The Bertz CT molecular complexity index is 577. The Kier molecular flexibility index (Phi) is 5.29. The van der Waals surface area contributed by atoms with Crippen molar-refractivity contribution in [3.63, 3.8) is 0 Å². The molecular weight excluding hydrogens is 338 g/mol. The quantitative estimate of drug-likeness (QED) is 0.862. The maximum absolute atomic E-state index is 6.36. The first-order valence-corrected chi connectivity index (χ1v) is 8.42. The Morgan fingerprint density at radius 2 is 2.10 bits per heavy atom. The van der Waals surface area contributed by atoms with Crippen LogP contribution >= 0.6 is 27.5 Å². The first kappa shape index (κ1) is 15.6. The zero-order chi connectivity index (χ0) is 14.7. The van der Waals surface area contributed by atoms with Crippen LogP contribution in [0.5, 0.6) is 0 Å². The number of hydrogen-bond acceptors (Lipinski definition) is 5. The van der Waals surface area contributed by atoms with Crippen molar-refractivity contribution in [2.75, 3.05) is 0 Å². The van der Waals surface area contributed by atoms with Crippen LogP contribution in [0, 0.1) is 0 Å². The lowest BCUT2D eigenvalue weighted by Crippen LogP contribution is -2.16. The van der Waals surface area contributed by atoms with Gasteiger partial charge < -0.3 is 5.73 Å². The third-order valence-electron chi connectivity index (χ3n) is 3.32. The normalized spacial score (nSPS) is 12.8. The molecule has 20 heavy (non-hydrogen) atoms. The second kappa shape index (κ2) is 6.78. The fourth-order valence-corrected chi connectivity index (χ4v) is 3.72. The Labute approximate surface area is 131 Å². The minimum absolute atomic E-state index is 0.0760. The number of nitrogens with zero attached hydrogens (tertiary/aromatic N) is 4. The standard InChI is InChI=1S/C13H20BrN5S/c1-4-6-10-13(20-18-16-10)8(15)7-11-12(14)9(5-2)17-19(11)3/h8H,4-7,15H2,1-3H3. The van der Waals surface area contributed by atoms with Crippen molar-refractivity contribution in [1.82, 2.24) is 19.4 Å². The van der Waals surface area contributed by atoms with Crippen LogP contribution in [0.4, 0.5) is 0 Å². The van der Waals surface area contributed by atoms with E-state index in [-0.39, 0.29) is 6.04 Å². The van der Waals surface area contributed by atoms with Gasteiger partial charge in [0.05, 0.1) is 26.4 Å². The lowest BCUT2D eigenvalue weighted by Gasteiger charge is -2.11. The van der Waals surface area contributed by atoms with E-state index in [1.165, 1.54) is 11.5 Å². The molecule has 110 valence electrons. The molecule has 0 spiro atoms. The second-order valence-corrected chi connectivity index (χ2v) is 6.41. The molecule has 1 unspecified atom stereocenters. The van der Waals surface area contributed by atoms with E-state index in [2.05, 4.69) is 44.5 Å². The molecule has 2 heterocycles. The van der Waals surface area contributed by atoms with Gasteiger partial charge >= 0.3 is 0 Å². The summed E-state index contributed by atoms with van der Waals surface area (Å²) in [6.45, 7) is 4.24. The predicted molar refractivity (Wildman–Crippen MR) is 84.8 cm³/mol. The summed E-state index contributed by atoms with van der Waals surface area (Å²) in [5.41, 5.74) is 9.60. The van der Waals surface area contributed by atoms with Gasteiger partial charge in [-0.3, -0.25) is 4.68 Å². The van der Waals surface area contributed by atoms with E-state index < -0.39 is 0 Å². The highest BCUT2D eigenvalue weighted by Gasteiger charge is 2.20. The summed E-state index contributed by atoms with van der Waals surface area (Å²) in [6.07, 6.45) is 3.64. The van der Waals surface area contributed by atoms with Crippen LogP contribution in [0.25, 0.3) is 0 Å². The van der Waals surface area contributed by atoms with Crippen molar-refractivity contribution in [1.29, 1.82) is 0 Å². The van der Waals surface area contributed by atoms with Gasteiger partial charge in [-0.15, -0.1) is 5.10 Å². The third-order valence-corrected chi connectivity index (χ3v) is 5.14. The molecule has 0 radical (unpaired) electrons. The number of nitrogens with two attached hydrogens (primary N) is 1. The Hall–Kier alpha value is -0.790. The molecule has 0 bridgehead atoms. The number of hydrogen-bond donors (Lipinski definition) is 1. The van der Waals surface area contributed by atoms with Crippen molar-refractivity contribution in [3.05, 3.63) is 26.4 Å². The summed E-state index contributed by atoms with van der Waals surface area (Å²) in [6, 6.07) is -0.0760. The van der Waals surface area contributed by atoms with E-state index in [0.29, 0.717) is 0 Å². The van der Waals surface area contributed by atoms with Crippen LogP contribution in [0.2, 0.25) is 0 Å². The number of aryl methyl sites for hydroxylation is 3. The topological polar surface area (TPSA) is 69.6 Å². The highest BCUT2D eigenvalue weighted by atomic mass is 79.9. The summed E-state index contributed by atoms with van der Waals surface area (Å²) in [5.74, 6) is 0. The molecule has 5 nitrogen and oxygen atoms in total. The number of halogens is 1. The molecule has 0 aliphatic heterocycles. The zero-order valence-electron chi connectivity index (χ0n) is 12.1. The highest BCUT2D eigenvalue weighted by molar-refractivity contribution is 9.10. The molecule has 0 fully saturated rings. The minimum Gasteiger partial charge on any atom is -0.323 e. The molecule has 2 N–H and O–H groups in total. The van der Waals surface area contributed by atoms with Gasteiger partial charge in [0.1, 0.15) is 0 Å². The van der Waals surface area contributed by atoms with Gasteiger partial charge in [-0.1, -0.05) is 24.8 Å². The SMILES string of the molecule is CCCc1nnsc1C(N)Cc1c(Br)c(CC)nn1C. The van der Waals surface area contributed by atoms with Crippen molar-refractivity contribution in [3.8, 4) is 0 Å². The van der Waals surface area contributed by atoms with Crippen LogP contribution in [0.1, 0.15) is 48.3 Å². The summed E-state index contributed by atoms with van der Waals surface area (Å²) < 4.78 is 7.04. The van der Waals surface area contributed by atoms with E-state index in [9.17, 15) is 0 Å². The van der Waals surface area contributed by atoms with E-state index in [0.717, 1.165) is 52.1 Å². The minimum atomic E-state index is -0.0760. The summed E-state index contributed by atoms with van der Waals surface area (Å²) in [7, 11) is 1.96. The Morgan fingerprint density at radius 1 is 1.35 bits per heavy atom. The fourth-order valence-electron chi connectivity index (χ4n) is 2.25. The lowest BCUT2D eigenvalue weighted by molar-refractivity contribution is 0.637. The van der Waals surface area contributed by atoms with E-state index in [1.807, 2.05) is 11.7 Å². The summed E-state index contributed by atoms with van der Waals surface area (Å²) in [4.78, 5) is 1.10. The molecule has 0 saturated heterocycles. The van der Waals surface area contributed by atoms with Crippen molar-refractivity contribution in [2.45, 2.75) is 45.6 Å². The molecule has 0 aliphatic carbocycles. The molecule has 0 saturated carbocycles. The van der Waals surface area contributed by atoms with E-state index in [4.69, 9.17) is 5.73 Å². The third kappa shape index (κ3) is 3.10. The smallest absolute Gasteiger partial charge is 0.0803 e. The van der Waals surface area contributed by atoms with Crippen molar-refractivity contribution >= 4 is 27.5 Å².